The monoisotopic (exact) mass is 541 g/mol. The van der Waals surface area contributed by atoms with E-state index in [4.69, 9.17) is 9.47 Å². The van der Waals surface area contributed by atoms with Gasteiger partial charge in [0, 0.05) is 36.7 Å². The summed E-state index contributed by atoms with van der Waals surface area (Å²) in [6.07, 6.45) is 2.71. The summed E-state index contributed by atoms with van der Waals surface area (Å²) in [7, 11) is 1.63. The quantitative estimate of drug-likeness (QED) is 0.230. The summed E-state index contributed by atoms with van der Waals surface area (Å²) in [4.78, 5) is 33.7. The number of H-pyrrole nitrogens is 1. The number of hydrogen-bond donors (Lipinski definition) is 1. The largest absolute Gasteiger partial charge is 0.497 e. The number of benzene rings is 3. The summed E-state index contributed by atoms with van der Waals surface area (Å²) in [5, 5.41) is 1.16. The van der Waals surface area contributed by atoms with Gasteiger partial charge in [0.1, 0.15) is 12.4 Å². The minimum atomic E-state index is -0.181. The second-order valence-corrected chi connectivity index (χ2v) is 10.4. The van der Waals surface area contributed by atoms with Gasteiger partial charge in [-0.2, -0.15) is 0 Å². The van der Waals surface area contributed by atoms with Crippen molar-refractivity contribution in [3.8, 4) is 5.75 Å². The molecule has 0 atom stereocenters. The van der Waals surface area contributed by atoms with Crippen LogP contribution in [0.5, 0.6) is 5.75 Å². The molecule has 0 aliphatic rings. The van der Waals surface area contributed by atoms with Crippen LogP contribution in [-0.4, -0.2) is 59.9 Å². The first kappa shape index (κ1) is 28.9. The van der Waals surface area contributed by atoms with Gasteiger partial charge in [0.2, 0.25) is 11.8 Å². The van der Waals surface area contributed by atoms with Gasteiger partial charge in [-0.1, -0.05) is 74.5 Å². The van der Waals surface area contributed by atoms with Crippen LogP contribution in [0.1, 0.15) is 30.5 Å². The van der Waals surface area contributed by atoms with Gasteiger partial charge in [0.15, 0.2) is 0 Å². The van der Waals surface area contributed by atoms with Gasteiger partial charge >= 0.3 is 0 Å². The van der Waals surface area contributed by atoms with Crippen molar-refractivity contribution in [1.82, 2.24) is 14.8 Å². The molecule has 4 rings (SSSR count). The van der Waals surface area contributed by atoms with Gasteiger partial charge in [-0.05, 0) is 47.2 Å². The zero-order valence-corrected chi connectivity index (χ0v) is 23.6. The molecule has 3 aromatic carbocycles. The number of aromatic amines is 1. The third kappa shape index (κ3) is 8.20. The van der Waals surface area contributed by atoms with Crippen LogP contribution in [0.3, 0.4) is 0 Å². The number of aromatic nitrogens is 1. The van der Waals surface area contributed by atoms with Gasteiger partial charge in [0.25, 0.3) is 0 Å². The SMILES string of the molecule is COc1ccc(CN(CCc2c[nH]c3ccccc23)C(=O)CN(CC(C)C)C(=O)COCc2ccccc2)cc1. The molecule has 0 unspecified atom stereocenters. The summed E-state index contributed by atoms with van der Waals surface area (Å²) in [6.45, 7) is 5.84. The standard InChI is InChI=1S/C33H39N3O4/c1-25(2)20-36(33(38)24-40-23-27-9-5-4-6-10-27)22-32(37)35(21-26-13-15-29(39-3)16-14-26)18-17-28-19-34-31-12-8-7-11-30(28)31/h4-16,19,25,34H,17-18,20-24H2,1-3H3. The number of nitrogens with one attached hydrogen (secondary N) is 1. The summed E-state index contributed by atoms with van der Waals surface area (Å²) >= 11 is 0. The predicted octanol–water partition coefficient (Wildman–Crippen LogP) is 5.45. The number of methoxy groups -OCH3 is 1. The zero-order valence-electron chi connectivity index (χ0n) is 23.6. The second kappa shape index (κ2) is 14.3. The first-order valence-corrected chi connectivity index (χ1v) is 13.8. The van der Waals surface area contributed by atoms with E-state index in [1.807, 2.05) is 97.7 Å². The number of rotatable bonds is 14. The average Bonchev–Trinajstić information content (AvgIpc) is 3.38. The van der Waals surface area contributed by atoms with E-state index in [0.29, 0.717) is 32.7 Å². The van der Waals surface area contributed by atoms with Crippen LogP contribution in [0, 0.1) is 5.92 Å². The van der Waals surface area contributed by atoms with E-state index in [1.165, 1.54) is 0 Å². The molecular weight excluding hydrogens is 502 g/mol. The highest BCUT2D eigenvalue weighted by molar-refractivity contribution is 5.86. The maximum absolute atomic E-state index is 13.7. The molecule has 210 valence electrons. The lowest BCUT2D eigenvalue weighted by Crippen LogP contribution is -2.45. The van der Waals surface area contributed by atoms with Crippen LogP contribution in [0.15, 0.2) is 85.1 Å². The molecule has 7 nitrogen and oxygen atoms in total. The smallest absolute Gasteiger partial charge is 0.249 e. The number of carbonyl (C=O) groups is 2. The van der Waals surface area contributed by atoms with Gasteiger partial charge in [-0.3, -0.25) is 9.59 Å². The van der Waals surface area contributed by atoms with Crippen LogP contribution in [0.25, 0.3) is 10.9 Å². The lowest BCUT2D eigenvalue weighted by Gasteiger charge is -2.29. The fraction of sp³-hybridized carbons (Fsp3) is 0.333. The summed E-state index contributed by atoms with van der Waals surface area (Å²) in [5.41, 5.74) is 4.24. The molecule has 0 aliphatic carbocycles. The van der Waals surface area contributed by atoms with E-state index >= 15 is 0 Å². The molecule has 7 heteroatoms. The Morgan fingerprint density at radius 1 is 0.850 bits per heavy atom. The maximum Gasteiger partial charge on any atom is 0.249 e. The van der Waals surface area contributed by atoms with Crippen molar-refractivity contribution in [2.45, 2.75) is 33.4 Å². The highest BCUT2D eigenvalue weighted by Crippen LogP contribution is 2.20. The van der Waals surface area contributed by atoms with E-state index in [2.05, 4.69) is 11.1 Å². The molecular formula is C33H39N3O4. The predicted molar refractivity (Wildman–Crippen MR) is 158 cm³/mol. The molecule has 1 N–H and O–H groups in total. The highest BCUT2D eigenvalue weighted by Gasteiger charge is 2.23. The first-order valence-electron chi connectivity index (χ1n) is 13.8. The Morgan fingerprint density at radius 2 is 1.57 bits per heavy atom. The summed E-state index contributed by atoms with van der Waals surface area (Å²) in [5.74, 6) is 0.712. The fourth-order valence-electron chi connectivity index (χ4n) is 4.72. The van der Waals surface area contributed by atoms with Gasteiger partial charge in [-0.25, -0.2) is 0 Å². The van der Waals surface area contributed by atoms with Crippen LogP contribution in [-0.2, 0) is 33.9 Å². The van der Waals surface area contributed by atoms with Crippen LogP contribution >= 0.6 is 0 Å². The van der Waals surface area contributed by atoms with Gasteiger partial charge in [-0.15, -0.1) is 0 Å². The van der Waals surface area contributed by atoms with Crippen molar-refractivity contribution in [2.24, 2.45) is 5.92 Å². The highest BCUT2D eigenvalue weighted by atomic mass is 16.5. The zero-order chi connectivity index (χ0) is 28.3. The Morgan fingerprint density at radius 3 is 2.30 bits per heavy atom. The molecule has 1 aromatic heterocycles. The van der Waals surface area contributed by atoms with Gasteiger partial charge in [0.05, 0.1) is 20.3 Å². The lowest BCUT2D eigenvalue weighted by atomic mass is 10.1. The molecule has 0 radical (unpaired) electrons. The van der Waals surface area contributed by atoms with Crippen LogP contribution < -0.4 is 4.74 Å². The van der Waals surface area contributed by atoms with E-state index in [9.17, 15) is 9.59 Å². The van der Waals surface area contributed by atoms with Crippen molar-refractivity contribution in [3.63, 3.8) is 0 Å². The number of amides is 2. The molecule has 1 heterocycles. The fourth-order valence-corrected chi connectivity index (χ4v) is 4.72. The van der Waals surface area contributed by atoms with Gasteiger partial charge < -0.3 is 24.3 Å². The van der Waals surface area contributed by atoms with E-state index in [1.54, 1.807) is 12.0 Å². The van der Waals surface area contributed by atoms with Crippen LogP contribution in [0.2, 0.25) is 0 Å². The molecule has 0 fully saturated rings. The number of hydrogen-bond acceptors (Lipinski definition) is 4. The molecule has 0 spiro atoms. The average molecular weight is 542 g/mol. The van der Waals surface area contributed by atoms with Crippen molar-refractivity contribution < 1.29 is 19.1 Å². The number of fused-ring (bicyclic) bond motifs is 1. The summed E-state index contributed by atoms with van der Waals surface area (Å²) in [6, 6.07) is 25.7. The lowest BCUT2D eigenvalue weighted by molar-refractivity contribution is -0.144. The van der Waals surface area contributed by atoms with Crippen LogP contribution in [0.4, 0.5) is 0 Å². The van der Waals surface area contributed by atoms with E-state index in [-0.39, 0.29) is 30.9 Å². The maximum atomic E-state index is 13.7. The number of para-hydroxylation sites is 1. The minimum absolute atomic E-state index is 0.00967. The Balaban J connectivity index is 1.45. The molecule has 4 aromatic rings. The van der Waals surface area contributed by atoms with Crippen molar-refractivity contribution in [1.29, 1.82) is 0 Å². The van der Waals surface area contributed by atoms with E-state index in [0.717, 1.165) is 33.3 Å². The van der Waals surface area contributed by atoms with Crippen molar-refractivity contribution in [2.75, 3.05) is 33.4 Å². The Kier molecular flexibility index (Phi) is 10.4. The molecule has 0 aliphatic heterocycles. The molecule has 0 saturated heterocycles. The van der Waals surface area contributed by atoms with Crippen molar-refractivity contribution >= 4 is 22.7 Å². The molecule has 2 amide bonds. The van der Waals surface area contributed by atoms with Crippen molar-refractivity contribution in [3.05, 3.63) is 102 Å². The summed E-state index contributed by atoms with van der Waals surface area (Å²) < 4.78 is 11.0. The normalized spacial score (nSPS) is 11.1. The first-order chi connectivity index (χ1) is 19.4. The number of ether oxygens (including phenoxy) is 2. The number of nitrogens with zero attached hydrogens (tertiary/aromatic N) is 2. The molecule has 40 heavy (non-hydrogen) atoms. The number of carbonyl (C=O) groups excluding carboxylic acids is 2. The Hall–Kier alpha value is -4.10. The second-order valence-electron chi connectivity index (χ2n) is 10.4. The third-order valence-corrected chi connectivity index (χ3v) is 6.81. The minimum Gasteiger partial charge on any atom is -0.497 e. The molecule has 0 bridgehead atoms. The van der Waals surface area contributed by atoms with E-state index < -0.39 is 0 Å². The third-order valence-electron chi connectivity index (χ3n) is 6.81. The Bertz CT molecular complexity index is 1370. The Labute approximate surface area is 236 Å². The topological polar surface area (TPSA) is 74.9 Å². The molecule has 0 saturated carbocycles.